The maximum atomic E-state index is 5.85. The van der Waals surface area contributed by atoms with Gasteiger partial charge in [0.2, 0.25) is 0 Å². The van der Waals surface area contributed by atoms with Gasteiger partial charge in [-0.1, -0.05) is 51.9 Å². The van der Waals surface area contributed by atoms with Gasteiger partial charge in [0.05, 0.1) is 13.2 Å². The standard InChI is InChI=1S/C13H16O2S2/c1-2-4-10(5-3-1)13-14-6-11(7-15-13)12-8-16-17-9-12/h1-5,11-13H,6-9H2. The van der Waals surface area contributed by atoms with Gasteiger partial charge in [0.1, 0.15) is 0 Å². The topological polar surface area (TPSA) is 18.5 Å². The highest BCUT2D eigenvalue weighted by Crippen LogP contribution is 2.40. The molecule has 17 heavy (non-hydrogen) atoms. The molecule has 0 amide bonds. The maximum absolute atomic E-state index is 5.85. The van der Waals surface area contributed by atoms with Crippen LogP contribution >= 0.6 is 21.6 Å². The van der Waals surface area contributed by atoms with E-state index in [0.29, 0.717) is 5.92 Å². The highest BCUT2D eigenvalue weighted by Gasteiger charge is 2.31. The smallest absolute Gasteiger partial charge is 0.183 e. The monoisotopic (exact) mass is 268 g/mol. The molecule has 2 aliphatic rings. The van der Waals surface area contributed by atoms with Crippen molar-refractivity contribution in [2.75, 3.05) is 24.7 Å². The van der Waals surface area contributed by atoms with E-state index in [1.54, 1.807) is 0 Å². The zero-order valence-corrected chi connectivity index (χ0v) is 11.2. The van der Waals surface area contributed by atoms with E-state index in [2.05, 4.69) is 12.1 Å². The molecular formula is C13H16O2S2. The molecule has 2 nitrogen and oxygen atoms in total. The van der Waals surface area contributed by atoms with E-state index in [9.17, 15) is 0 Å². The van der Waals surface area contributed by atoms with Crippen molar-refractivity contribution in [2.45, 2.75) is 6.29 Å². The highest BCUT2D eigenvalue weighted by molar-refractivity contribution is 8.77. The van der Waals surface area contributed by atoms with Gasteiger partial charge >= 0.3 is 0 Å². The summed E-state index contributed by atoms with van der Waals surface area (Å²) in [5.74, 6) is 3.84. The molecular weight excluding hydrogens is 252 g/mol. The minimum atomic E-state index is -0.158. The van der Waals surface area contributed by atoms with Gasteiger partial charge in [-0.25, -0.2) is 0 Å². The quantitative estimate of drug-likeness (QED) is 0.765. The van der Waals surface area contributed by atoms with Gasteiger partial charge in [0.15, 0.2) is 6.29 Å². The number of hydrogen-bond acceptors (Lipinski definition) is 4. The van der Waals surface area contributed by atoms with Crippen molar-refractivity contribution in [1.82, 2.24) is 0 Å². The molecule has 0 radical (unpaired) electrons. The van der Waals surface area contributed by atoms with Crippen LogP contribution in [0.5, 0.6) is 0 Å². The van der Waals surface area contributed by atoms with Crippen LogP contribution in [-0.2, 0) is 9.47 Å². The summed E-state index contributed by atoms with van der Waals surface area (Å²) in [5, 5.41) is 0. The van der Waals surface area contributed by atoms with Crippen LogP contribution < -0.4 is 0 Å². The first kappa shape index (κ1) is 11.9. The maximum Gasteiger partial charge on any atom is 0.183 e. The van der Waals surface area contributed by atoms with E-state index in [-0.39, 0.29) is 6.29 Å². The predicted molar refractivity (Wildman–Crippen MR) is 73.0 cm³/mol. The second-order valence-electron chi connectivity index (χ2n) is 4.50. The lowest BCUT2D eigenvalue weighted by Crippen LogP contribution is -2.33. The van der Waals surface area contributed by atoms with Crippen LogP contribution in [0.15, 0.2) is 30.3 Å². The molecule has 0 N–H and O–H groups in total. The van der Waals surface area contributed by atoms with E-state index < -0.39 is 0 Å². The number of benzene rings is 1. The Balaban J connectivity index is 1.57. The fourth-order valence-corrected chi connectivity index (χ4v) is 5.28. The van der Waals surface area contributed by atoms with Crippen molar-refractivity contribution < 1.29 is 9.47 Å². The van der Waals surface area contributed by atoms with Gasteiger partial charge in [0, 0.05) is 23.0 Å². The summed E-state index contributed by atoms with van der Waals surface area (Å²) in [6, 6.07) is 10.2. The second-order valence-corrected chi connectivity index (χ2v) is 7.05. The Morgan fingerprint density at radius 1 is 0.882 bits per heavy atom. The molecule has 1 aromatic carbocycles. The van der Waals surface area contributed by atoms with E-state index in [4.69, 9.17) is 9.47 Å². The molecule has 0 aromatic heterocycles. The third-order valence-corrected chi connectivity index (χ3v) is 5.92. The predicted octanol–water partition coefficient (Wildman–Crippen LogP) is 3.36. The van der Waals surface area contributed by atoms with Gasteiger partial charge in [-0.15, -0.1) is 0 Å². The van der Waals surface area contributed by atoms with Crippen molar-refractivity contribution in [1.29, 1.82) is 0 Å². The molecule has 0 atom stereocenters. The third-order valence-electron chi connectivity index (χ3n) is 3.31. The van der Waals surface area contributed by atoms with Gasteiger partial charge < -0.3 is 9.47 Å². The fourth-order valence-electron chi connectivity index (χ4n) is 2.18. The van der Waals surface area contributed by atoms with Crippen LogP contribution in [0.4, 0.5) is 0 Å². The van der Waals surface area contributed by atoms with Crippen LogP contribution in [0.3, 0.4) is 0 Å². The highest BCUT2D eigenvalue weighted by atomic mass is 33.1. The molecule has 0 unspecified atom stereocenters. The van der Waals surface area contributed by atoms with Crippen molar-refractivity contribution in [2.24, 2.45) is 11.8 Å². The van der Waals surface area contributed by atoms with Crippen molar-refractivity contribution in [3.8, 4) is 0 Å². The molecule has 0 spiro atoms. The zero-order chi connectivity index (χ0) is 11.5. The van der Waals surface area contributed by atoms with Crippen LogP contribution in [-0.4, -0.2) is 24.7 Å². The van der Waals surface area contributed by atoms with Crippen LogP contribution in [0.2, 0.25) is 0 Å². The van der Waals surface area contributed by atoms with Gasteiger partial charge in [0.25, 0.3) is 0 Å². The SMILES string of the molecule is c1ccc(C2OCC(C3CSSC3)CO2)cc1. The van der Waals surface area contributed by atoms with Crippen molar-refractivity contribution >= 4 is 21.6 Å². The molecule has 92 valence electrons. The Morgan fingerprint density at radius 3 is 2.18 bits per heavy atom. The third kappa shape index (κ3) is 2.81. The lowest BCUT2D eigenvalue weighted by atomic mass is 9.96. The molecule has 2 aliphatic heterocycles. The minimum Gasteiger partial charge on any atom is -0.348 e. The van der Waals surface area contributed by atoms with Gasteiger partial charge in [-0.05, 0) is 5.92 Å². The van der Waals surface area contributed by atoms with E-state index in [0.717, 1.165) is 24.7 Å². The summed E-state index contributed by atoms with van der Waals surface area (Å²) in [4.78, 5) is 0. The van der Waals surface area contributed by atoms with Gasteiger partial charge in [-0.3, -0.25) is 0 Å². The lowest BCUT2D eigenvalue weighted by molar-refractivity contribution is -0.210. The van der Waals surface area contributed by atoms with Crippen LogP contribution in [0, 0.1) is 11.8 Å². The molecule has 0 saturated carbocycles. The average Bonchev–Trinajstić information content (AvgIpc) is 2.94. The first-order valence-corrected chi connectivity index (χ1v) is 8.45. The molecule has 2 fully saturated rings. The molecule has 2 saturated heterocycles. The molecule has 4 heteroatoms. The van der Waals surface area contributed by atoms with Gasteiger partial charge in [-0.2, -0.15) is 0 Å². The summed E-state index contributed by atoms with van der Waals surface area (Å²) in [6.07, 6.45) is -0.158. The minimum absolute atomic E-state index is 0.158. The molecule has 2 heterocycles. The van der Waals surface area contributed by atoms with Crippen LogP contribution in [0.25, 0.3) is 0 Å². The zero-order valence-electron chi connectivity index (χ0n) is 9.58. The molecule has 0 aliphatic carbocycles. The summed E-state index contributed by atoms with van der Waals surface area (Å²) < 4.78 is 11.7. The lowest BCUT2D eigenvalue weighted by Gasteiger charge is -2.32. The summed E-state index contributed by atoms with van der Waals surface area (Å²) in [6.45, 7) is 1.68. The van der Waals surface area contributed by atoms with E-state index in [1.165, 1.54) is 11.5 Å². The molecule has 0 bridgehead atoms. The second kappa shape index (κ2) is 5.65. The molecule has 3 rings (SSSR count). The first-order chi connectivity index (χ1) is 8.43. The van der Waals surface area contributed by atoms with Crippen molar-refractivity contribution in [3.05, 3.63) is 35.9 Å². The normalized spacial score (nSPS) is 30.6. The Kier molecular flexibility index (Phi) is 3.96. The van der Waals surface area contributed by atoms with E-state index >= 15 is 0 Å². The summed E-state index contributed by atoms with van der Waals surface area (Å²) in [7, 11) is 3.96. The Bertz CT molecular complexity index is 344. The number of rotatable bonds is 2. The Morgan fingerprint density at radius 2 is 1.53 bits per heavy atom. The summed E-state index contributed by atoms with van der Waals surface area (Å²) in [5.41, 5.74) is 1.13. The Hall–Kier alpha value is -0.160. The Labute approximate surface area is 110 Å². The molecule has 1 aromatic rings. The van der Waals surface area contributed by atoms with Crippen LogP contribution in [0.1, 0.15) is 11.9 Å². The number of ether oxygens (including phenoxy) is 2. The van der Waals surface area contributed by atoms with E-state index in [1.807, 2.05) is 39.8 Å². The average molecular weight is 268 g/mol. The van der Waals surface area contributed by atoms with Crippen molar-refractivity contribution in [3.63, 3.8) is 0 Å². The summed E-state index contributed by atoms with van der Waals surface area (Å²) >= 11 is 0. The number of hydrogen-bond donors (Lipinski definition) is 0. The fraction of sp³-hybridized carbons (Fsp3) is 0.538. The largest absolute Gasteiger partial charge is 0.348 e. The first-order valence-electron chi connectivity index (χ1n) is 5.96.